The van der Waals surface area contributed by atoms with Crippen molar-refractivity contribution in [3.05, 3.63) is 22.6 Å². The molecule has 0 aliphatic carbocycles. The van der Waals surface area contributed by atoms with Gasteiger partial charge in [0.1, 0.15) is 5.82 Å². The molecule has 2 aromatic rings. The summed E-state index contributed by atoms with van der Waals surface area (Å²) in [6.07, 6.45) is 3.93. The molecule has 1 aliphatic heterocycles. The Morgan fingerprint density at radius 2 is 2.15 bits per heavy atom. The summed E-state index contributed by atoms with van der Waals surface area (Å²) in [7, 11) is 0. The van der Waals surface area contributed by atoms with Crippen LogP contribution in [0.5, 0.6) is 0 Å². The van der Waals surface area contributed by atoms with Gasteiger partial charge in [0.25, 0.3) is 0 Å². The second-order valence-electron chi connectivity index (χ2n) is 5.34. The van der Waals surface area contributed by atoms with Gasteiger partial charge in [0.15, 0.2) is 5.65 Å². The summed E-state index contributed by atoms with van der Waals surface area (Å²) >= 11 is 0. The van der Waals surface area contributed by atoms with Crippen LogP contribution in [0.4, 0.5) is 5.82 Å². The number of hydrogen-bond acceptors (Lipinski definition) is 5. The van der Waals surface area contributed by atoms with E-state index in [0.717, 1.165) is 6.54 Å². The lowest BCUT2D eigenvalue weighted by Crippen LogP contribution is -2.41. The normalized spacial score (nSPS) is 18.2. The maximum Gasteiger partial charge on any atom is 0.364 e. The van der Waals surface area contributed by atoms with E-state index in [4.69, 9.17) is 0 Å². The number of nitrogens with one attached hydrogen (secondary N) is 2. The lowest BCUT2D eigenvalue weighted by Gasteiger charge is -2.32. The first kappa shape index (κ1) is 13.1. The molecule has 0 radical (unpaired) electrons. The molecule has 7 nitrogen and oxygen atoms in total. The molecule has 7 heteroatoms. The number of aromatic amines is 1. The van der Waals surface area contributed by atoms with Gasteiger partial charge >= 0.3 is 5.69 Å². The Hall–Kier alpha value is -1.89. The fraction of sp³-hybridized carbons (Fsp3) is 0.615. The highest BCUT2D eigenvalue weighted by atomic mass is 16.2. The summed E-state index contributed by atoms with van der Waals surface area (Å²) in [5.74, 6) is 0.699. The number of piperidine rings is 1. The van der Waals surface area contributed by atoms with Gasteiger partial charge in [-0.05, 0) is 45.0 Å². The van der Waals surface area contributed by atoms with E-state index in [2.05, 4.69) is 32.4 Å². The first-order valence-electron chi connectivity index (χ1n) is 7.16. The van der Waals surface area contributed by atoms with Gasteiger partial charge in [-0.3, -0.25) is 4.90 Å². The number of hydrogen-bond donors (Lipinski definition) is 2. The summed E-state index contributed by atoms with van der Waals surface area (Å²) in [6.45, 7) is 5.40. The Labute approximate surface area is 117 Å². The summed E-state index contributed by atoms with van der Waals surface area (Å²) in [4.78, 5) is 14.0. The third-order valence-corrected chi connectivity index (χ3v) is 3.87. The minimum absolute atomic E-state index is 0.312. The summed E-state index contributed by atoms with van der Waals surface area (Å²) in [6, 6.07) is 4.09. The summed E-state index contributed by atoms with van der Waals surface area (Å²) in [5, 5.41) is 13.8. The molecule has 3 rings (SSSR count). The molecule has 1 fully saturated rings. The van der Waals surface area contributed by atoms with Crippen LogP contribution in [0.2, 0.25) is 0 Å². The average molecular weight is 276 g/mol. The van der Waals surface area contributed by atoms with Gasteiger partial charge in [-0.1, -0.05) is 6.42 Å². The van der Waals surface area contributed by atoms with Crippen LogP contribution >= 0.6 is 0 Å². The smallest absolute Gasteiger partial charge is 0.364 e. The molecule has 2 aromatic heterocycles. The second-order valence-corrected chi connectivity index (χ2v) is 5.34. The quantitative estimate of drug-likeness (QED) is 0.859. The van der Waals surface area contributed by atoms with Crippen molar-refractivity contribution in [2.24, 2.45) is 0 Å². The maximum atomic E-state index is 11.5. The van der Waals surface area contributed by atoms with Crippen LogP contribution in [0.3, 0.4) is 0 Å². The van der Waals surface area contributed by atoms with Gasteiger partial charge in [-0.25, -0.2) is 9.89 Å². The fourth-order valence-electron chi connectivity index (χ4n) is 2.64. The van der Waals surface area contributed by atoms with E-state index in [1.807, 2.05) is 6.07 Å². The van der Waals surface area contributed by atoms with E-state index < -0.39 is 0 Å². The molecule has 0 saturated carbocycles. The molecular formula is C13H20N6O. The van der Waals surface area contributed by atoms with E-state index >= 15 is 0 Å². The Bertz CT molecular complexity index is 627. The van der Waals surface area contributed by atoms with Gasteiger partial charge in [-0.2, -0.15) is 9.61 Å². The maximum absolute atomic E-state index is 11.5. The van der Waals surface area contributed by atoms with E-state index in [1.165, 1.54) is 36.9 Å². The first-order chi connectivity index (χ1) is 9.74. The predicted molar refractivity (Wildman–Crippen MR) is 77.0 cm³/mol. The van der Waals surface area contributed by atoms with Crippen LogP contribution in [0.25, 0.3) is 5.65 Å². The van der Waals surface area contributed by atoms with E-state index in [-0.39, 0.29) is 5.69 Å². The van der Waals surface area contributed by atoms with Crippen LogP contribution in [0.1, 0.15) is 26.2 Å². The van der Waals surface area contributed by atoms with Crippen LogP contribution in [0, 0.1) is 0 Å². The Morgan fingerprint density at radius 3 is 2.95 bits per heavy atom. The molecule has 0 spiro atoms. The van der Waals surface area contributed by atoms with Crippen molar-refractivity contribution in [3.63, 3.8) is 0 Å². The Balaban J connectivity index is 1.64. The standard InChI is InChI=1S/C13H20N6O/c1-10(18-7-3-2-4-8-18)9-14-11-5-6-12-15-16-13(20)19(12)17-11/h5-6,10H,2-4,7-9H2,1H3,(H,14,17)(H,16,20). The zero-order valence-corrected chi connectivity index (χ0v) is 11.7. The number of rotatable bonds is 4. The molecule has 1 atom stereocenters. The van der Waals surface area contributed by atoms with Crippen LogP contribution in [-0.4, -0.2) is 50.4 Å². The Kier molecular flexibility index (Phi) is 3.68. The molecule has 2 N–H and O–H groups in total. The van der Waals surface area contributed by atoms with Gasteiger partial charge in [0.05, 0.1) is 0 Å². The molecule has 3 heterocycles. The van der Waals surface area contributed by atoms with Gasteiger partial charge < -0.3 is 5.32 Å². The van der Waals surface area contributed by atoms with Crippen molar-refractivity contribution in [2.45, 2.75) is 32.2 Å². The van der Waals surface area contributed by atoms with E-state index in [0.29, 0.717) is 17.5 Å². The third kappa shape index (κ3) is 2.67. The third-order valence-electron chi connectivity index (χ3n) is 3.87. The Morgan fingerprint density at radius 1 is 1.35 bits per heavy atom. The minimum atomic E-state index is -0.312. The highest BCUT2D eigenvalue weighted by Gasteiger charge is 2.16. The summed E-state index contributed by atoms with van der Waals surface area (Å²) in [5.41, 5.74) is 0.220. The van der Waals surface area contributed by atoms with Crippen molar-refractivity contribution in [3.8, 4) is 0 Å². The van der Waals surface area contributed by atoms with Crippen LogP contribution in [-0.2, 0) is 0 Å². The van der Waals surface area contributed by atoms with E-state index in [1.54, 1.807) is 6.07 Å². The van der Waals surface area contributed by atoms with Crippen LogP contribution < -0.4 is 11.0 Å². The number of aromatic nitrogens is 4. The fourth-order valence-corrected chi connectivity index (χ4v) is 2.64. The predicted octanol–water partition coefficient (Wildman–Crippen LogP) is 0.704. The second kappa shape index (κ2) is 5.62. The highest BCUT2D eigenvalue weighted by molar-refractivity contribution is 5.42. The zero-order chi connectivity index (χ0) is 13.9. The minimum Gasteiger partial charge on any atom is -0.367 e. The largest absolute Gasteiger partial charge is 0.367 e. The molecule has 1 unspecified atom stereocenters. The number of likely N-dealkylation sites (tertiary alicyclic amines) is 1. The summed E-state index contributed by atoms with van der Waals surface area (Å²) < 4.78 is 1.27. The molecule has 0 amide bonds. The zero-order valence-electron chi connectivity index (χ0n) is 11.7. The molecule has 1 aliphatic rings. The number of H-pyrrole nitrogens is 1. The van der Waals surface area contributed by atoms with Crippen LogP contribution in [0.15, 0.2) is 16.9 Å². The lowest BCUT2D eigenvalue weighted by atomic mass is 10.1. The topological polar surface area (TPSA) is 78.3 Å². The molecule has 0 aromatic carbocycles. The monoisotopic (exact) mass is 276 g/mol. The molecule has 108 valence electrons. The molecule has 0 bridgehead atoms. The number of fused-ring (bicyclic) bond motifs is 1. The van der Waals surface area contributed by atoms with Gasteiger partial charge in [-0.15, -0.1) is 5.10 Å². The molecule has 1 saturated heterocycles. The van der Waals surface area contributed by atoms with Crippen molar-refractivity contribution in [2.75, 3.05) is 25.0 Å². The first-order valence-corrected chi connectivity index (χ1v) is 7.16. The van der Waals surface area contributed by atoms with Gasteiger partial charge in [0.2, 0.25) is 0 Å². The van der Waals surface area contributed by atoms with E-state index in [9.17, 15) is 4.79 Å². The number of anilines is 1. The molecular weight excluding hydrogens is 256 g/mol. The van der Waals surface area contributed by atoms with Crippen molar-refractivity contribution in [1.82, 2.24) is 24.7 Å². The lowest BCUT2D eigenvalue weighted by molar-refractivity contribution is 0.180. The van der Waals surface area contributed by atoms with Gasteiger partial charge in [0, 0.05) is 12.6 Å². The van der Waals surface area contributed by atoms with Crippen molar-refractivity contribution >= 4 is 11.5 Å². The highest BCUT2D eigenvalue weighted by Crippen LogP contribution is 2.12. The SMILES string of the molecule is CC(CNc1ccc2n[nH]c(=O)n2n1)N1CCCCC1. The molecule has 20 heavy (non-hydrogen) atoms. The van der Waals surface area contributed by atoms with Crippen molar-refractivity contribution < 1.29 is 0 Å². The average Bonchev–Trinajstić information content (AvgIpc) is 2.87. The number of nitrogens with zero attached hydrogens (tertiary/aromatic N) is 4. The van der Waals surface area contributed by atoms with Crippen molar-refractivity contribution in [1.29, 1.82) is 0 Å².